The summed E-state index contributed by atoms with van der Waals surface area (Å²) < 4.78 is 27.4. The summed E-state index contributed by atoms with van der Waals surface area (Å²) >= 11 is 0. The highest BCUT2D eigenvalue weighted by atomic mass is 19.1. The van der Waals surface area contributed by atoms with Gasteiger partial charge in [-0.3, -0.25) is 9.88 Å². The Morgan fingerprint density at radius 2 is 1.95 bits per heavy atom. The summed E-state index contributed by atoms with van der Waals surface area (Å²) in [5, 5.41) is 0. The van der Waals surface area contributed by atoms with Crippen LogP contribution in [0.4, 0.5) is 8.78 Å². The van der Waals surface area contributed by atoms with Crippen molar-refractivity contribution in [2.45, 2.75) is 39.3 Å². The van der Waals surface area contributed by atoms with Gasteiger partial charge in [0.2, 0.25) is 0 Å². The molecule has 0 saturated heterocycles. The molecular weight excluding hydrogens is 286 g/mol. The SMILES string of the molecule is CCCc1ncc2c(n1)CCN(Cc1c(F)cncc1F)C2. The van der Waals surface area contributed by atoms with Gasteiger partial charge in [0, 0.05) is 55.5 Å². The molecular formula is C16H18F2N4. The van der Waals surface area contributed by atoms with Crippen molar-refractivity contribution in [3.8, 4) is 0 Å². The molecule has 0 aliphatic carbocycles. The van der Waals surface area contributed by atoms with E-state index in [0.717, 1.165) is 55.3 Å². The fourth-order valence-corrected chi connectivity index (χ4v) is 2.71. The smallest absolute Gasteiger partial charge is 0.148 e. The van der Waals surface area contributed by atoms with E-state index >= 15 is 0 Å². The van der Waals surface area contributed by atoms with E-state index in [1.165, 1.54) is 0 Å². The molecule has 2 aromatic heterocycles. The maximum Gasteiger partial charge on any atom is 0.148 e. The van der Waals surface area contributed by atoms with Crippen LogP contribution in [0.15, 0.2) is 18.6 Å². The summed E-state index contributed by atoms with van der Waals surface area (Å²) in [5.74, 6) is -0.318. The summed E-state index contributed by atoms with van der Waals surface area (Å²) in [6, 6.07) is 0. The van der Waals surface area contributed by atoms with Crippen LogP contribution in [0.25, 0.3) is 0 Å². The molecule has 3 rings (SSSR count). The first-order valence-corrected chi connectivity index (χ1v) is 7.51. The Kier molecular flexibility index (Phi) is 4.38. The molecule has 0 spiro atoms. The molecule has 0 atom stereocenters. The van der Waals surface area contributed by atoms with E-state index in [1.54, 1.807) is 0 Å². The van der Waals surface area contributed by atoms with Crippen molar-refractivity contribution >= 4 is 0 Å². The van der Waals surface area contributed by atoms with Crippen LogP contribution in [0.3, 0.4) is 0 Å². The summed E-state index contributed by atoms with van der Waals surface area (Å²) in [7, 11) is 0. The maximum atomic E-state index is 13.7. The summed E-state index contributed by atoms with van der Waals surface area (Å²) in [6.07, 6.45) is 6.63. The molecule has 1 aliphatic heterocycles. The van der Waals surface area contributed by atoms with Crippen molar-refractivity contribution in [3.63, 3.8) is 0 Å². The molecule has 6 heteroatoms. The minimum Gasteiger partial charge on any atom is -0.294 e. The molecule has 0 aromatic carbocycles. The summed E-state index contributed by atoms with van der Waals surface area (Å²) in [5.41, 5.74) is 2.17. The lowest BCUT2D eigenvalue weighted by molar-refractivity contribution is 0.235. The number of hydrogen-bond acceptors (Lipinski definition) is 4. The molecule has 0 unspecified atom stereocenters. The highest BCUT2D eigenvalue weighted by Crippen LogP contribution is 2.20. The molecule has 0 saturated carbocycles. The fraction of sp³-hybridized carbons (Fsp3) is 0.438. The summed E-state index contributed by atoms with van der Waals surface area (Å²) in [4.78, 5) is 14.5. The van der Waals surface area contributed by atoms with E-state index in [9.17, 15) is 8.78 Å². The maximum absolute atomic E-state index is 13.7. The van der Waals surface area contributed by atoms with Gasteiger partial charge in [-0.25, -0.2) is 18.7 Å². The molecule has 22 heavy (non-hydrogen) atoms. The second-order valence-corrected chi connectivity index (χ2v) is 5.55. The van der Waals surface area contributed by atoms with Gasteiger partial charge in [0.25, 0.3) is 0 Å². The Hall–Kier alpha value is -1.95. The minimum absolute atomic E-state index is 0.0713. The average Bonchev–Trinajstić information content (AvgIpc) is 2.51. The number of pyridine rings is 1. The van der Waals surface area contributed by atoms with E-state index in [2.05, 4.69) is 21.9 Å². The highest BCUT2D eigenvalue weighted by molar-refractivity contribution is 5.22. The second-order valence-electron chi connectivity index (χ2n) is 5.55. The second kappa shape index (κ2) is 6.44. The zero-order chi connectivity index (χ0) is 15.5. The van der Waals surface area contributed by atoms with Gasteiger partial charge >= 0.3 is 0 Å². The van der Waals surface area contributed by atoms with Crippen molar-refractivity contribution in [3.05, 3.63) is 52.9 Å². The van der Waals surface area contributed by atoms with Crippen molar-refractivity contribution in [1.29, 1.82) is 0 Å². The average molecular weight is 304 g/mol. The highest BCUT2D eigenvalue weighted by Gasteiger charge is 2.21. The number of halogens is 2. The van der Waals surface area contributed by atoms with E-state index in [1.807, 2.05) is 11.1 Å². The third-order valence-corrected chi connectivity index (χ3v) is 3.87. The van der Waals surface area contributed by atoms with Gasteiger partial charge in [0.05, 0.1) is 12.4 Å². The van der Waals surface area contributed by atoms with Crippen LogP contribution in [0.2, 0.25) is 0 Å². The van der Waals surface area contributed by atoms with Crippen molar-refractivity contribution in [1.82, 2.24) is 19.9 Å². The third kappa shape index (κ3) is 3.11. The van der Waals surface area contributed by atoms with Crippen LogP contribution < -0.4 is 0 Å². The zero-order valence-corrected chi connectivity index (χ0v) is 12.5. The normalized spacial score (nSPS) is 14.9. The van der Waals surface area contributed by atoms with Gasteiger partial charge in [-0.2, -0.15) is 0 Å². The van der Waals surface area contributed by atoms with Crippen LogP contribution in [0, 0.1) is 11.6 Å². The number of aromatic nitrogens is 3. The fourth-order valence-electron chi connectivity index (χ4n) is 2.71. The van der Waals surface area contributed by atoms with Crippen LogP contribution in [-0.4, -0.2) is 26.4 Å². The quantitative estimate of drug-likeness (QED) is 0.871. The molecule has 1 aliphatic rings. The Morgan fingerprint density at radius 3 is 2.68 bits per heavy atom. The van der Waals surface area contributed by atoms with Crippen LogP contribution in [-0.2, 0) is 25.9 Å². The molecule has 2 aromatic rings. The lowest BCUT2D eigenvalue weighted by Gasteiger charge is -2.28. The first-order valence-electron chi connectivity index (χ1n) is 7.51. The van der Waals surface area contributed by atoms with E-state index in [4.69, 9.17) is 0 Å². The Balaban J connectivity index is 1.74. The number of hydrogen-bond donors (Lipinski definition) is 0. The number of fused-ring (bicyclic) bond motifs is 1. The lowest BCUT2D eigenvalue weighted by Crippen LogP contribution is -2.31. The zero-order valence-electron chi connectivity index (χ0n) is 12.5. The predicted molar refractivity (Wildman–Crippen MR) is 78.0 cm³/mol. The van der Waals surface area contributed by atoms with Crippen molar-refractivity contribution in [2.24, 2.45) is 0 Å². The molecule has 0 N–H and O–H groups in total. The lowest BCUT2D eigenvalue weighted by atomic mass is 10.1. The van der Waals surface area contributed by atoms with Crippen LogP contribution in [0.1, 0.15) is 36.0 Å². The topological polar surface area (TPSA) is 41.9 Å². The van der Waals surface area contributed by atoms with Gasteiger partial charge in [-0.15, -0.1) is 0 Å². The Labute approximate surface area is 128 Å². The molecule has 4 nitrogen and oxygen atoms in total. The van der Waals surface area contributed by atoms with Crippen LogP contribution >= 0.6 is 0 Å². The van der Waals surface area contributed by atoms with Crippen molar-refractivity contribution < 1.29 is 8.78 Å². The first kappa shape index (κ1) is 15.0. The molecule has 0 fully saturated rings. The minimum atomic E-state index is -0.597. The first-order chi connectivity index (χ1) is 10.7. The van der Waals surface area contributed by atoms with E-state index in [0.29, 0.717) is 6.54 Å². The summed E-state index contributed by atoms with van der Waals surface area (Å²) in [6.45, 7) is 3.68. The van der Waals surface area contributed by atoms with E-state index < -0.39 is 11.6 Å². The largest absolute Gasteiger partial charge is 0.294 e. The van der Waals surface area contributed by atoms with E-state index in [-0.39, 0.29) is 12.1 Å². The molecule has 116 valence electrons. The predicted octanol–water partition coefficient (Wildman–Crippen LogP) is 2.66. The van der Waals surface area contributed by atoms with Gasteiger partial charge in [0.1, 0.15) is 17.5 Å². The standard InChI is InChI=1S/C16H18F2N4/c1-2-3-16-20-6-11-9-22(5-4-15(11)21-16)10-12-13(17)7-19-8-14(12)18/h6-8H,2-5,9-10H2,1H3. The van der Waals surface area contributed by atoms with Crippen molar-refractivity contribution in [2.75, 3.05) is 6.54 Å². The molecule has 0 amide bonds. The number of rotatable bonds is 4. The van der Waals surface area contributed by atoms with Gasteiger partial charge in [0.15, 0.2) is 0 Å². The molecule has 0 radical (unpaired) electrons. The Morgan fingerprint density at radius 1 is 1.18 bits per heavy atom. The number of aryl methyl sites for hydroxylation is 1. The van der Waals surface area contributed by atoms with Gasteiger partial charge < -0.3 is 0 Å². The number of nitrogens with zero attached hydrogens (tertiary/aromatic N) is 4. The molecule has 0 bridgehead atoms. The molecule has 3 heterocycles. The van der Waals surface area contributed by atoms with Crippen LogP contribution in [0.5, 0.6) is 0 Å². The third-order valence-electron chi connectivity index (χ3n) is 3.87. The monoisotopic (exact) mass is 304 g/mol. The van der Waals surface area contributed by atoms with Gasteiger partial charge in [-0.05, 0) is 6.42 Å². The Bertz CT molecular complexity index is 655. The van der Waals surface area contributed by atoms with Gasteiger partial charge in [-0.1, -0.05) is 6.92 Å².